The van der Waals surface area contributed by atoms with E-state index in [2.05, 4.69) is 17.3 Å². The summed E-state index contributed by atoms with van der Waals surface area (Å²) >= 11 is 0. The standard InChI is InChI=1S/C19H17N3O6/c1-28-9-4-8(17(23)14(5-9)22(26)27)7-20-21-18(24)15-10-2-3-11(13-6-12(10)13)16(15)19(21)25/h2-5,7,10-13,15-16,23H,6H2,1H3/b20-7-/t10-,11-,12-,13-,15+,16+/m0/s1. The number of ether oxygens (including phenoxy) is 1. The Bertz CT molecular complexity index is 950. The summed E-state index contributed by atoms with van der Waals surface area (Å²) in [6.45, 7) is 0. The van der Waals surface area contributed by atoms with Crippen molar-refractivity contribution in [1.82, 2.24) is 5.01 Å². The molecule has 6 rings (SSSR count). The zero-order valence-electron chi connectivity index (χ0n) is 14.9. The van der Waals surface area contributed by atoms with Crippen LogP contribution < -0.4 is 4.74 Å². The van der Waals surface area contributed by atoms with Gasteiger partial charge in [0.1, 0.15) is 5.75 Å². The van der Waals surface area contributed by atoms with Crippen LogP contribution in [0.3, 0.4) is 0 Å². The molecule has 2 amide bonds. The number of nitro groups is 1. The maximum absolute atomic E-state index is 12.9. The average Bonchev–Trinajstić information content (AvgIpc) is 3.46. The van der Waals surface area contributed by atoms with Crippen LogP contribution in [0.1, 0.15) is 12.0 Å². The molecule has 28 heavy (non-hydrogen) atoms. The summed E-state index contributed by atoms with van der Waals surface area (Å²) in [4.78, 5) is 36.1. The van der Waals surface area contributed by atoms with Gasteiger partial charge in [0.05, 0.1) is 36.1 Å². The number of hydrogen-bond donors (Lipinski definition) is 1. The minimum Gasteiger partial charge on any atom is -0.502 e. The second-order valence-electron chi connectivity index (χ2n) is 7.73. The van der Waals surface area contributed by atoms with Crippen molar-refractivity contribution < 1.29 is 24.4 Å². The fourth-order valence-corrected chi connectivity index (χ4v) is 5.14. The van der Waals surface area contributed by atoms with E-state index in [-0.39, 0.29) is 46.8 Å². The van der Waals surface area contributed by atoms with Crippen LogP contribution >= 0.6 is 0 Å². The molecule has 3 fully saturated rings. The Kier molecular flexibility index (Phi) is 3.40. The van der Waals surface area contributed by atoms with Crippen LogP contribution in [0.4, 0.5) is 5.69 Å². The number of carbonyl (C=O) groups excluding carboxylic acids is 2. The van der Waals surface area contributed by atoms with E-state index in [4.69, 9.17) is 4.74 Å². The number of nitro benzene ring substituents is 1. The van der Waals surface area contributed by atoms with E-state index in [0.29, 0.717) is 11.8 Å². The molecule has 144 valence electrons. The number of aromatic hydroxyl groups is 1. The Balaban J connectivity index is 1.47. The second kappa shape index (κ2) is 5.63. The molecule has 1 aromatic rings. The summed E-state index contributed by atoms with van der Waals surface area (Å²) in [5.74, 6) is -0.737. The van der Waals surface area contributed by atoms with E-state index in [1.54, 1.807) is 0 Å². The molecule has 6 atom stereocenters. The van der Waals surface area contributed by atoms with E-state index in [1.807, 2.05) is 0 Å². The zero-order chi connectivity index (χ0) is 19.7. The maximum atomic E-state index is 12.9. The predicted octanol–water partition coefficient (Wildman–Crippen LogP) is 1.70. The first kappa shape index (κ1) is 16.9. The summed E-state index contributed by atoms with van der Waals surface area (Å²) in [6, 6.07) is 2.44. The van der Waals surface area contributed by atoms with Crippen LogP contribution in [-0.4, -0.2) is 40.2 Å². The molecule has 2 bridgehead atoms. The molecule has 9 heteroatoms. The van der Waals surface area contributed by atoms with Crippen molar-refractivity contribution in [3.05, 3.63) is 40.0 Å². The SMILES string of the molecule is COc1cc(/C=N\N2C(=O)[C@@H]3[C@H]4C=C[C@@H]([C@@H]5C[C@@H]45)[C@H]3C2=O)c(O)c([N+](=O)[O-])c1. The maximum Gasteiger partial charge on any atom is 0.315 e. The minimum atomic E-state index is -0.744. The number of phenols is 1. The minimum absolute atomic E-state index is 0.00883. The fourth-order valence-electron chi connectivity index (χ4n) is 5.14. The molecular formula is C19H17N3O6. The van der Waals surface area contributed by atoms with Crippen LogP contribution in [0.5, 0.6) is 11.5 Å². The summed E-state index contributed by atoms with van der Waals surface area (Å²) in [5, 5.41) is 26.1. The Labute approximate surface area is 159 Å². The van der Waals surface area contributed by atoms with Crippen LogP contribution in [0.15, 0.2) is 29.4 Å². The molecule has 4 aliphatic carbocycles. The van der Waals surface area contributed by atoms with Gasteiger partial charge in [0.25, 0.3) is 11.8 Å². The van der Waals surface area contributed by atoms with Gasteiger partial charge in [0.2, 0.25) is 5.75 Å². The third-order valence-electron chi connectivity index (χ3n) is 6.48. The number of hydrazone groups is 1. The van der Waals surface area contributed by atoms with E-state index < -0.39 is 16.4 Å². The highest BCUT2D eigenvalue weighted by atomic mass is 16.6. The lowest BCUT2D eigenvalue weighted by Crippen LogP contribution is -2.40. The van der Waals surface area contributed by atoms with Gasteiger partial charge in [-0.05, 0) is 36.2 Å². The van der Waals surface area contributed by atoms with Crippen molar-refractivity contribution in [1.29, 1.82) is 0 Å². The van der Waals surface area contributed by atoms with Crippen molar-refractivity contribution in [3.8, 4) is 11.5 Å². The Morgan fingerprint density at radius 1 is 1.21 bits per heavy atom. The van der Waals surface area contributed by atoms with E-state index in [0.717, 1.165) is 23.7 Å². The van der Waals surface area contributed by atoms with E-state index in [1.165, 1.54) is 13.2 Å². The topological polar surface area (TPSA) is 122 Å². The number of carbonyl (C=O) groups is 2. The molecule has 5 aliphatic rings. The molecule has 1 N–H and O–H groups in total. The number of nitrogens with zero attached hydrogens (tertiary/aromatic N) is 3. The Morgan fingerprint density at radius 3 is 2.36 bits per heavy atom. The number of methoxy groups -OCH3 is 1. The van der Waals surface area contributed by atoms with Gasteiger partial charge in [-0.1, -0.05) is 12.2 Å². The summed E-state index contributed by atoms with van der Waals surface area (Å²) < 4.78 is 5.01. The van der Waals surface area contributed by atoms with E-state index >= 15 is 0 Å². The number of amides is 2. The zero-order valence-corrected chi connectivity index (χ0v) is 14.9. The van der Waals surface area contributed by atoms with Crippen molar-refractivity contribution in [3.63, 3.8) is 0 Å². The predicted molar refractivity (Wildman–Crippen MR) is 95.5 cm³/mol. The van der Waals surface area contributed by atoms with Crippen molar-refractivity contribution in [2.45, 2.75) is 6.42 Å². The summed E-state index contributed by atoms with van der Waals surface area (Å²) in [5.41, 5.74) is -0.554. The number of allylic oxidation sites excluding steroid dienone is 2. The quantitative estimate of drug-likeness (QED) is 0.278. The molecule has 2 saturated carbocycles. The summed E-state index contributed by atoms with van der Waals surface area (Å²) in [6.07, 6.45) is 6.29. The molecule has 9 nitrogen and oxygen atoms in total. The van der Waals surface area contributed by atoms with Gasteiger partial charge in [-0.2, -0.15) is 10.1 Å². The Morgan fingerprint density at radius 2 is 1.82 bits per heavy atom. The highest BCUT2D eigenvalue weighted by Gasteiger charge is 2.67. The van der Waals surface area contributed by atoms with E-state index in [9.17, 15) is 24.8 Å². The molecule has 0 aromatic heterocycles. The van der Waals surface area contributed by atoms with Crippen LogP contribution in [-0.2, 0) is 9.59 Å². The smallest absolute Gasteiger partial charge is 0.315 e. The van der Waals surface area contributed by atoms with Crippen molar-refractivity contribution >= 4 is 23.7 Å². The lowest BCUT2D eigenvalue weighted by atomic mass is 9.63. The molecule has 0 radical (unpaired) electrons. The van der Waals surface area contributed by atoms with Gasteiger partial charge in [-0.25, -0.2) is 0 Å². The first-order valence-electron chi connectivity index (χ1n) is 9.08. The monoisotopic (exact) mass is 383 g/mol. The van der Waals surface area contributed by atoms with Gasteiger partial charge >= 0.3 is 5.69 Å². The highest BCUT2D eigenvalue weighted by Crippen LogP contribution is 2.65. The largest absolute Gasteiger partial charge is 0.502 e. The third kappa shape index (κ3) is 2.15. The lowest BCUT2D eigenvalue weighted by Gasteiger charge is -2.37. The third-order valence-corrected chi connectivity index (χ3v) is 6.48. The Hall–Kier alpha value is -3.23. The van der Waals surface area contributed by atoms with Gasteiger partial charge in [-0.15, -0.1) is 0 Å². The number of imide groups is 1. The molecule has 1 heterocycles. The first-order chi connectivity index (χ1) is 13.4. The molecule has 1 aromatic carbocycles. The average molecular weight is 383 g/mol. The summed E-state index contributed by atoms with van der Waals surface area (Å²) in [7, 11) is 1.34. The van der Waals surface area contributed by atoms with Crippen molar-refractivity contribution in [2.75, 3.05) is 7.11 Å². The van der Waals surface area contributed by atoms with Crippen LogP contribution in [0, 0.1) is 45.6 Å². The number of phenolic OH excluding ortho intramolecular Hbond substituents is 1. The number of hydrogen-bond acceptors (Lipinski definition) is 7. The number of benzene rings is 1. The fraction of sp³-hybridized carbons (Fsp3) is 0.421. The first-order valence-corrected chi connectivity index (χ1v) is 9.08. The molecule has 1 saturated heterocycles. The normalized spacial score (nSPS) is 34.7. The highest BCUT2D eigenvalue weighted by molar-refractivity contribution is 6.06. The van der Waals surface area contributed by atoms with Gasteiger partial charge in [0.15, 0.2) is 0 Å². The van der Waals surface area contributed by atoms with Gasteiger partial charge < -0.3 is 9.84 Å². The van der Waals surface area contributed by atoms with Gasteiger partial charge in [-0.3, -0.25) is 19.7 Å². The van der Waals surface area contributed by atoms with Gasteiger partial charge in [0, 0.05) is 5.56 Å². The van der Waals surface area contributed by atoms with Crippen LogP contribution in [0.25, 0.3) is 0 Å². The molecule has 0 spiro atoms. The van der Waals surface area contributed by atoms with Crippen molar-refractivity contribution in [2.24, 2.45) is 40.6 Å². The molecular weight excluding hydrogens is 366 g/mol. The second-order valence-corrected chi connectivity index (χ2v) is 7.73. The lowest BCUT2D eigenvalue weighted by molar-refractivity contribution is -0.385. The number of rotatable bonds is 4. The van der Waals surface area contributed by atoms with Crippen LogP contribution in [0.2, 0.25) is 0 Å². The molecule has 1 aliphatic heterocycles. The molecule has 0 unspecified atom stereocenters.